The van der Waals surface area contributed by atoms with Crippen LogP contribution in [0.3, 0.4) is 0 Å². The van der Waals surface area contributed by atoms with Crippen LogP contribution in [0.1, 0.15) is 31.2 Å². The first-order valence-electron chi connectivity index (χ1n) is 8.33. The highest BCUT2D eigenvalue weighted by Crippen LogP contribution is 2.34. The first-order valence-corrected chi connectivity index (χ1v) is 9.56. The number of carbonyl (C=O) groups excluding carboxylic acids is 2. The van der Waals surface area contributed by atoms with Crippen molar-refractivity contribution in [1.29, 1.82) is 0 Å². The summed E-state index contributed by atoms with van der Waals surface area (Å²) >= 11 is 6.38. The molecule has 2 rings (SSSR count). The van der Waals surface area contributed by atoms with Crippen molar-refractivity contribution in [3.8, 4) is 0 Å². The number of nitro benzene ring substituents is 1. The second-order valence-electron chi connectivity index (χ2n) is 6.24. The normalized spacial score (nSPS) is 10.2. The van der Waals surface area contributed by atoms with Crippen molar-refractivity contribution >= 4 is 56.9 Å². The third-order valence-corrected chi connectivity index (χ3v) is 5.51. The number of benzene rings is 1. The highest BCUT2D eigenvalue weighted by atomic mass is 32.1. The lowest BCUT2D eigenvalue weighted by atomic mass is 10.1. The fourth-order valence-electron chi connectivity index (χ4n) is 2.57. The molecule has 29 heavy (non-hydrogen) atoms. The Balaban J connectivity index is 2.36. The number of hydrogen-bond acceptors (Lipinski definition) is 7. The Labute approximate surface area is 176 Å². The molecule has 9 nitrogen and oxygen atoms in total. The lowest BCUT2D eigenvalue weighted by molar-refractivity contribution is -0.385. The summed E-state index contributed by atoms with van der Waals surface area (Å²) < 4.78 is 4.84. The topological polar surface area (TPSA) is 114 Å². The summed E-state index contributed by atoms with van der Waals surface area (Å²) in [5, 5.41) is 17.4. The second-order valence-corrected chi connectivity index (χ2v) is 7.67. The van der Waals surface area contributed by atoms with Crippen LogP contribution in [0, 0.1) is 24.0 Å². The molecule has 0 aliphatic heterocycles. The van der Waals surface area contributed by atoms with Crippen molar-refractivity contribution in [1.82, 2.24) is 4.90 Å². The minimum Gasteiger partial charge on any atom is -0.465 e. The highest BCUT2D eigenvalue weighted by molar-refractivity contribution is 7.80. The number of nitro groups is 1. The Kier molecular flexibility index (Phi) is 6.88. The molecule has 1 heterocycles. The van der Waals surface area contributed by atoms with Crippen molar-refractivity contribution in [3.63, 3.8) is 0 Å². The van der Waals surface area contributed by atoms with Crippen LogP contribution in [-0.4, -0.2) is 48.0 Å². The fraction of sp³-hybridized carbons (Fsp3) is 0.278. The van der Waals surface area contributed by atoms with Gasteiger partial charge in [-0.15, -0.1) is 11.3 Å². The van der Waals surface area contributed by atoms with E-state index in [1.54, 1.807) is 40.1 Å². The quantitative estimate of drug-likeness (QED) is 0.316. The van der Waals surface area contributed by atoms with Crippen LogP contribution >= 0.6 is 23.6 Å². The molecular weight excluding hydrogens is 416 g/mol. The van der Waals surface area contributed by atoms with Crippen molar-refractivity contribution in [2.24, 2.45) is 0 Å². The predicted molar refractivity (Wildman–Crippen MR) is 116 cm³/mol. The standard InChI is InChI=1S/C18H20N4O5S2/c1-9-11(7-6-8-12(9)22(25)26)19-18(28)20-15-13(17(24)27-5)10(2)14(29-15)16(23)21(3)4/h6-8H,1-5H3,(H2,19,20,28). The van der Waals surface area contributed by atoms with E-state index in [9.17, 15) is 19.7 Å². The van der Waals surface area contributed by atoms with E-state index >= 15 is 0 Å². The van der Waals surface area contributed by atoms with Crippen LogP contribution in [0.2, 0.25) is 0 Å². The summed E-state index contributed by atoms with van der Waals surface area (Å²) in [6, 6.07) is 4.59. The van der Waals surface area contributed by atoms with Crippen molar-refractivity contribution < 1.29 is 19.2 Å². The van der Waals surface area contributed by atoms with Gasteiger partial charge < -0.3 is 20.3 Å². The summed E-state index contributed by atoms with van der Waals surface area (Å²) in [5.74, 6) is -0.854. The van der Waals surface area contributed by atoms with Crippen molar-refractivity contribution in [2.75, 3.05) is 31.8 Å². The molecule has 0 spiro atoms. The summed E-state index contributed by atoms with van der Waals surface area (Å²) in [5.41, 5.74) is 1.52. The van der Waals surface area contributed by atoms with Crippen LogP contribution in [0.4, 0.5) is 16.4 Å². The maximum Gasteiger partial charge on any atom is 0.341 e. The summed E-state index contributed by atoms with van der Waals surface area (Å²) in [6.45, 7) is 3.26. The van der Waals surface area contributed by atoms with E-state index in [1.165, 1.54) is 18.1 Å². The van der Waals surface area contributed by atoms with Crippen molar-refractivity contribution in [2.45, 2.75) is 13.8 Å². The smallest absolute Gasteiger partial charge is 0.341 e. The number of esters is 1. The third kappa shape index (κ3) is 4.69. The molecule has 0 fully saturated rings. The van der Waals surface area contributed by atoms with Crippen LogP contribution in [0.5, 0.6) is 0 Å². The molecule has 1 aromatic heterocycles. The summed E-state index contributed by atoms with van der Waals surface area (Å²) in [7, 11) is 4.48. The zero-order chi connectivity index (χ0) is 21.9. The Hall–Kier alpha value is -3.05. The van der Waals surface area contributed by atoms with E-state index in [0.29, 0.717) is 26.7 Å². The van der Waals surface area contributed by atoms with Crippen LogP contribution in [-0.2, 0) is 4.74 Å². The van der Waals surface area contributed by atoms with Gasteiger partial charge in [0.1, 0.15) is 5.00 Å². The van der Waals surface area contributed by atoms with Crippen LogP contribution in [0.15, 0.2) is 18.2 Å². The fourth-order valence-corrected chi connectivity index (χ4v) is 4.07. The van der Waals surface area contributed by atoms with Gasteiger partial charge in [0.05, 0.1) is 33.7 Å². The van der Waals surface area contributed by atoms with Gasteiger partial charge in [0.25, 0.3) is 11.6 Å². The summed E-state index contributed by atoms with van der Waals surface area (Å²) in [6.07, 6.45) is 0. The van der Waals surface area contributed by atoms with E-state index in [2.05, 4.69) is 10.6 Å². The van der Waals surface area contributed by atoms with Gasteiger partial charge in [-0.05, 0) is 37.7 Å². The Morgan fingerprint density at radius 2 is 1.86 bits per heavy atom. The molecule has 11 heteroatoms. The number of nitrogens with one attached hydrogen (secondary N) is 2. The van der Waals surface area contributed by atoms with Gasteiger partial charge >= 0.3 is 5.97 Å². The molecule has 1 amide bonds. The summed E-state index contributed by atoms with van der Waals surface area (Å²) in [4.78, 5) is 37.1. The number of anilines is 2. The first-order chi connectivity index (χ1) is 13.6. The lowest BCUT2D eigenvalue weighted by Gasteiger charge is -2.12. The molecule has 0 saturated heterocycles. The molecule has 0 bridgehead atoms. The van der Waals surface area contributed by atoms with Gasteiger partial charge in [0, 0.05) is 20.2 Å². The highest BCUT2D eigenvalue weighted by Gasteiger charge is 2.26. The molecule has 0 aliphatic rings. The number of nitrogens with zero attached hydrogens (tertiary/aromatic N) is 2. The minimum absolute atomic E-state index is 0.0427. The Morgan fingerprint density at radius 1 is 1.21 bits per heavy atom. The van der Waals surface area contributed by atoms with Gasteiger partial charge in [-0.25, -0.2) is 4.79 Å². The molecular formula is C18H20N4O5S2. The van der Waals surface area contributed by atoms with Crippen LogP contribution < -0.4 is 10.6 Å². The number of rotatable bonds is 5. The van der Waals surface area contributed by atoms with Crippen molar-refractivity contribution in [3.05, 3.63) is 49.9 Å². The minimum atomic E-state index is -0.603. The number of thiophene rings is 1. The number of carbonyl (C=O) groups is 2. The second kappa shape index (κ2) is 8.97. The Morgan fingerprint density at radius 3 is 2.41 bits per heavy atom. The first kappa shape index (κ1) is 22.2. The van der Waals surface area contributed by atoms with Gasteiger partial charge in [0.15, 0.2) is 5.11 Å². The molecule has 0 radical (unpaired) electrons. The number of thiocarbonyl (C=S) groups is 1. The third-order valence-electron chi connectivity index (χ3n) is 4.11. The number of methoxy groups -OCH3 is 1. The Bertz CT molecular complexity index is 1000. The van der Waals surface area contributed by atoms with E-state index in [0.717, 1.165) is 11.3 Å². The molecule has 0 aliphatic carbocycles. The largest absolute Gasteiger partial charge is 0.465 e. The monoisotopic (exact) mass is 436 g/mol. The maximum atomic E-state index is 12.4. The molecule has 2 aromatic rings. The van der Waals surface area contributed by atoms with Crippen LogP contribution in [0.25, 0.3) is 0 Å². The molecule has 2 N–H and O–H groups in total. The lowest BCUT2D eigenvalue weighted by Crippen LogP contribution is -2.21. The molecule has 154 valence electrons. The maximum absolute atomic E-state index is 12.4. The molecule has 0 atom stereocenters. The number of amides is 1. The van der Waals surface area contributed by atoms with E-state index < -0.39 is 10.9 Å². The zero-order valence-electron chi connectivity index (χ0n) is 16.5. The van der Waals surface area contributed by atoms with Gasteiger partial charge in [-0.3, -0.25) is 14.9 Å². The van der Waals surface area contributed by atoms with Gasteiger partial charge in [0.2, 0.25) is 0 Å². The number of hydrogen-bond donors (Lipinski definition) is 2. The van der Waals surface area contributed by atoms with E-state index in [-0.39, 0.29) is 22.3 Å². The molecule has 0 saturated carbocycles. The molecule has 0 unspecified atom stereocenters. The average Bonchev–Trinajstić information content (AvgIpc) is 2.97. The zero-order valence-corrected chi connectivity index (χ0v) is 18.1. The SMILES string of the molecule is COC(=O)c1c(NC(=S)Nc2cccc([N+](=O)[O-])c2C)sc(C(=O)N(C)C)c1C. The molecule has 1 aromatic carbocycles. The van der Waals surface area contributed by atoms with Gasteiger partial charge in [-0.2, -0.15) is 0 Å². The van der Waals surface area contributed by atoms with E-state index in [1.807, 2.05) is 0 Å². The van der Waals surface area contributed by atoms with Gasteiger partial charge in [-0.1, -0.05) is 6.07 Å². The predicted octanol–water partition coefficient (Wildman–Crippen LogP) is 3.57. The average molecular weight is 437 g/mol. The van der Waals surface area contributed by atoms with E-state index in [4.69, 9.17) is 17.0 Å². The number of ether oxygens (including phenoxy) is 1.